The molecule has 0 aliphatic heterocycles. The van der Waals surface area contributed by atoms with E-state index in [-0.39, 0.29) is 51.3 Å². The zero-order valence-electron chi connectivity index (χ0n) is 22.6. The number of nitrogens with one attached hydrogen (secondary N) is 2. The monoisotopic (exact) mass is 585 g/mol. The maximum absolute atomic E-state index is 13.6. The summed E-state index contributed by atoms with van der Waals surface area (Å²) in [5.74, 6) is -3.22. The summed E-state index contributed by atoms with van der Waals surface area (Å²) >= 11 is 6.36. The molecule has 4 N–H and O–H groups in total. The predicted molar refractivity (Wildman–Crippen MR) is 148 cm³/mol. The van der Waals surface area contributed by atoms with Crippen LogP contribution >= 0.6 is 11.6 Å². The van der Waals surface area contributed by atoms with Crippen LogP contribution < -0.4 is 25.0 Å². The summed E-state index contributed by atoms with van der Waals surface area (Å²) in [7, 11) is 4.08. The number of carbonyl (C=O) groups excluding carboxylic acids is 3. The number of hydrazine groups is 1. The molecule has 1 atom stereocenters. The number of hydrogen-bond donors (Lipinski definition) is 4. The summed E-state index contributed by atoms with van der Waals surface area (Å²) < 4.78 is 15.8. The van der Waals surface area contributed by atoms with Gasteiger partial charge in [0.05, 0.1) is 31.9 Å². The van der Waals surface area contributed by atoms with Gasteiger partial charge in [-0.1, -0.05) is 23.7 Å². The number of aromatic hydroxyl groups is 1. The molecule has 0 bridgehead atoms. The highest BCUT2D eigenvalue weighted by Crippen LogP contribution is 2.38. The third kappa shape index (κ3) is 7.24. The van der Waals surface area contributed by atoms with Crippen LogP contribution in [0, 0.1) is 0 Å². The number of aliphatic carboxylic acids is 1. The van der Waals surface area contributed by atoms with Gasteiger partial charge in [0.2, 0.25) is 5.75 Å². The molecule has 0 spiro atoms. The van der Waals surface area contributed by atoms with E-state index < -0.39 is 29.7 Å². The van der Waals surface area contributed by atoms with Crippen LogP contribution in [0.4, 0.5) is 0 Å². The number of benzene rings is 3. The minimum absolute atomic E-state index is 0.0547. The zero-order chi connectivity index (χ0) is 30.3. The van der Waals surface area contributed by atoms with Gasteiger partial charge >= 0.3 is 5.97 Å². The largest absolute Gasteiger partial charge is 0.508 e. The Labute approximate surface area is 240 Å². The molecule has 41 heavy (non-hydrogen) atoms. The number of carbonyl (C=O) groups is 4. The lowest BCUT2D eigenvalue weighted by atomic mass is 10.1. The fourth-order valence-electron chi connectivity index (χ4n) is 3.69. The number of hydrogen-bond acceptors (Lipinski definition) is 9. The minimum atomic E-state index is -1.36. The van der Waals surface area contributed by atoms with Gasteiger partial charge in [-0.2, -0.15) is 0 Å². The fraction of sp³-hybridized carbons (Fsp3) is 0.214. The van der Waals surface area contributed by atoms with Crippen LogP contribution in [0.25, 0.3) is 0 Å². The average molecular weight is 586 g/mol. The molecule has 0 radical (unpaired) electrons. The molecule has 0 saturated carbocycles. The third-order valence-corrected chi connectivity index (χ3v) is 6.15. The second-order valence-electron chi connectivity index (χ2n) is 8.60. The molecular formula is C28H28ClN3O9. The number of carboxylic acids is 1. The van der Waals surface area contributed by atoms with Crippen LogP contribution in [0.15, 0.2) is 54.6 Å². The van der Waals surface area contributed by atoms with E-state index in [0.717, 1.165) is 0 Å². The van der Waals surface area contributed by atoms with Crippen molar-refractivity contribution in [3.63, 3.8) is 0 Å². The van der Waals surface area contributed by atoms with Crippen LogP contribution in [-0.2, 0) is 11.3 Å². The van der Waals surface area contributed by atoms with Crippen molar-refractivity contribution in [2.45, 2.75) is 19.5 Å². The number of halogens is 1. The van der Waals surface area contributed by atoms with Crippen molar-refractivity contribution in [1.82, 2.24) is 15.8 Å². The molecule has 0 aliphatic carbocycles. The van der Waals surface area contributed by atoms with Crippen molar-refractivity contribution in [1.29, 1.82) is 0 Å². The Morgan fingerprint density at radius 3 is 2.10 bits per heavy atom. The van der Waals surface area contributed by atoms with E-state index in [2.05, 4.69) is 10.7 Å². The Morgan fingerprint density at radius 2 is 1.56 bits per heavy atom. The summed E-state index contributed by atoms with van der Waals surface area (Å²) in [5, 5.41) is 22.0. The first-order chi connectivity index (χ1) is 19.5. The van der Waals surface area contributed by atoms with Gasteiger partial charge in [0.1, 0.15) is 11.8 Å². The fourth-order valence-corrected chi connectivity index (χ4v) is 3.95. The van der Waals surface area contributed by atoms with E-state index in [0.29, 0.717) is 10.6 Å². The van der Waals surface area contributed by atoms with Crippen LogP contribution in [0.2, 0.25) is 5.02 Å². The molecule has 216 valence electrons. The molecule has 0 fully saturated rings. The van der Waals surface area contributed by atoms with Crippen molar-refractivity contribution in [3.05, 3.63) is 81.9 Å². The van der Waals surface area contributed by atoms with E-state index in [4.69, 9.17) is 25.8 Å². The first-order valence-electron chi connectivity index (χ1n) is 12.0. The standard InChI is InChI=1S/C28H28ClN3O9/c1-15(28(37)38)31-32(26(35)18-12-22(39-2)24(41-4)23(13-18)40-3)27(36)20-9-8-17(11-21(20)29)25(34)30-14-16-6-5-7-19(33)10-16/h5-13,15,31,33H,14H2,1-4H3,(H,30,34)(H,37,38)/t15-/m0/s1. The molecule has 0 aromatic heterocycles. The molecule has 3 rings (SSSR count). The highest BCUT2D eigenvalue weighted by Gasteiger charge is 2.31. The van der Waals surface area contributed by atoms with Gasteiger partial charge in [-0.15, -0.1) is 0 Å². The van der Waals surface area contributed by atoms with Gasteiger partial charge in [-0.3, -0.25) is 19.2 Å². The lowest BCUT2D eigenvalue weighted by molar-refractivity contribution is -0.139. The van der Waals surface area contributed by atoms with Crippen molar-refractivity contribution in [2.24, 2.45) is 0 Å². The smallest absolute Gasteiger partial charge is 0.322 e. The molecule has 0 saturated heterocycles. The molecule has 0 aliphatic rings. The molecule has 3 aromatic carbocycles. The topological polar surface area (TPSA) is 164 Å². The highest BCUT2D eigenvalue weighted by atomic mass is 35.5. The number of ether oxygens (including phenoxy) is 3. The van der Waals surface area contributed by atoms with E-state index in [1.807, 2.05) is 0 Å². The second kappa shape index (κ2) is 13.5. The van der Waals surface area contributed by atoms with E-state index in [9.17, 15) is 29.4 Å². The highest BCUT2D eigenvalue weighted by molar-refractivity contribution is 6.34. The van der Waals surface area contributed by atoms with Crippen LogP contribution in [0.1, 0.15) is 43.6 Å². The summed E-state index contributed by atoms with van der Waals surface area (Å²) in [6.45, 7) is 1.37. The molecule has 12 nitrogen and oxygen atoms in total. The van der Waals surface area contributed by atoms with Crippen LogP contribution in [-0.4, -0.2) is 66.3 Å². The number of carboxylic acid groups (broad SMARTS) is 1. The van der Waals surface area contributed by atoms with Crippen LogP contribution in [0.5, 0.6) is 23.0 Å². The van der Waals surface area contributed by atoms with E-state index >= 15 is 0 Å². The number of rotatable bonds is 11. The lowest BCUT2D eigenvalue weighted by Gasteiger charge is -2.25. The summed E-state index contributed by atoms with van der Waals surface area (Å²) in [6, 6.07) is 11.4. The molecule has 3 aromatic rings. The number of amides is 3. The second-order valence-corrected chi connectivity index (χ2v) is 9.00. The Hall–Kier alpha value is -4.81. The van der Waals surface area contributed by atoms with Gasteiger partial charge in [0, 0.05) is 17.7 Å². The van der Waals surface area contributed by atoms with E-state index in [1.54, 1.807) is 12.1 Å². The normalized spacial score (nSPS) is 11.2. The van der Waals surface area contributed by atoms with Crippen LogP contribution in [0.3, 0.4) is 0 Å². The Balaban J connectivity index is 1.92. The van der Waals surface area contributed by atoms with Gasteiger partial charge in [0.15, 0.2) is 11.5 Å². The molecule has 3 amide bonds. The lowest BCUT2D eigenvalue weighted by Crippen LogP contribution is -2.53. The van der Waals surface area contributed by atoms with E-state index in [1.165, 1.54) is 70.7 Å². The summed E-state index contributed by atoms with van der Waals surface area (Å²) in [4.78, 5) is 51.3. The Kier molecular flexibility index (Phi) is 10.1. The predicted octanol–water partition coefficient (Wildman–Crippen LogP) is 3.26. The van der Waals surface area contributed by atoms with Gasteiger partial charge in [-0.05, 0) is 55.0 Å². The van der Waals surface area contributed by atoms with Crippen molar-refractivity contribution in [3.8, 4) is 23.0 Å². The van der Waals surface area contributed by atoms with Crippen molar-refractivity contribution in [2.75, 3.05) is 21.3 Å². The summed E-state index contributed by atoms with van der Waals surface area (Å²) in [6.07, 6.45) is 0. The first kappa shape index (κ1) is 30.7. The van der Waals surface area contributed by atoms with Gasteiger partial charge < -0.3 is 29.7 Å². The number of nitrogens with zero attached hydrogens (tertiary/aromatic N) is 1. The maximum Gasteiger partial charge on any atom is 0.322 e. The quantitative estimate of drug-likeness (QED) is 0.194. The summed E-state index contributed by atoms with van der Waals surface area (Å²) in [5.41, 5.74) is 2.91. The molecule has 0 unspecified atom stereocenters. The van der Waals surface area contributed by atoms with Crippen molar-refractivity contribution < 1.29 is 43.6 Å². The number of methoxy groups -OCH3 is 3. The molecule has 13 heteroatoms. The SMILES string of the molecule is COc1cc(C(=O)N(N[C@@H](C)C(=O)O)C(=O)c2ccc(C(=O)NCc3cccc(O)c3)cc2Cl)cc(OC)c1OC. The minimum Gasteiger partial charge on any atom is -0.508 e. The maximum atomic E-state index is 13.6. The van der Waals surface area contributed by atoms with Gasteiger partial charge in [0.25, 0.3) is 17.7 Å². The molecular weight excluding hydrogens is 558 g/mol. The number of phenols is 1. The Morgan fingerprint density at radius 1 is 0.902 bits per heavy atom. The number of phenolic OH excluding ortho intramolecular Hbond substituents is 1. The average Bonchev–Trinajstić information content (AvgIpc) is 2.96. The first-order valence-corrected chi connectivity index (χ1v) is 12.4. The third-order valence-electron chi connectivity index (χ3n) is 5.84. The van der Waals surface area contributed by atoms with Gasteiger partial charge in [-0.25, -0.2) is 10.4 Å². The van der Waals surface area contributed by atoms with Crippen molar-refractivity contribution >= 4 is 35.3 Å². The molecule has 0 heterocycles. The Bertz CT molecular complexity index is 1450. The number of imide groups is 1. The zero-order valence-corrected chi connectivity index (χ0v) is 23.3.